The van der Waals surface area contributed by atoms with Crippen LogP contribution >= 0.6 is 0 Å². The second-order valence-corrected chi connectivity index (χ2v) is 7.34. The molecule has 5 atom stereocenters. The topological polar surface area (TPSA) is 71.4 Å². The molecule has 0 aromatic carbocycles. The molecule has 1 heterocycles. The van der Waals surface area contributed by atoms with E-state index in [1.165, 1.54) is 0 Å². The summed E-state index contributed by atoms with van der Waals surface area (Å²) in [6.45, 7) is 4.59. The van der Waals surface area contributed by atoms with Gasteiger partial charge in [0.25, 0.3) is 0 Å². The largest absolute Gasteiger partial charge is 0.512 e. The molecule has 0 spiro atoms. The first-order chi connectivity index (χ1) is 11.6. The van der Waals surface area contributed by atoms with Crippen molar-refractivity contribution in [2.24, 2.45) is 22.9 Å². The molecule has 2 aliphatic carbocycles. The van der Waals surface area contributed by atoms with Crippen molar-refractivity contribution in [1.82, 2.24) is 0 Å². The van der Waals surface area contributed by atoms with Gasteiger partial charge in [-0.3, -0.25) is 4.79 Å². The van der Waals surface area contributed by atoms with E-state index in [9.17, 15) is 9.90 Å². The number of aliphatic hydroxyl groups is 1. The Balaban J connectivity index is 1.65. The number of allylic oxidation sites excluding steroid dienone is 2. The van der Waals surface area contributed by atoms with Crippen LogP contribution in [0.4, 0.5) is 0 Å². The number of ether oxygens (including phenoxy) is 1. The third-order valence-corrected chi connectivity index (χ3v) is 5.65. The molecule has 134 valence electrons. The van der Waals surface area contributed by atoms with Gasteiger partial charge in [-0.1, -0.05) is 19.0 Å². The molecule has 5 unspecified atom stereocenters. The van der Waals surface area contributed by atoms with E-state index in [4.69, 9.17) is 9.57 Å². The number of oxime groups is 1. The molecule has 3 rings (SSSR count). The molecule has 5 heteroatoms. The van der Waals surface area contributed by atoms with Crippen molar-refractivity contribution >= 4 is 12.0 Å². The SMILES string of the molecule is CCCON=CC(CC)C1=C(O)CC(C2CCC3OC3C2)CC1=O. The van der Waals surface area contributed by atoms with Gasteiger partial charge in [-0.2, -0.15) is 0 Å². The highest BCUT2D eigenvalue weighted by molar-refractivity contribution is 6.00. The highest BCUT2D eigenvalue weighted by Crippen LogP contribution is 2.46. The second kappa shape index (κ2) is 7.68. The fourth-order valence-electron chi connectivity index (χ4n) is 4.20. The van der Waals surface area contributed by atoms with Gasteiger partial charge < -0.3 is 14.7 Å². The summed E-state index contributed by atoms with van der Waals surface area (Å²) < 4.78 is 5.60. The van der Waals surface area contributed by atoms with Crippen LogP contribution in [0.5, 0.6) is 0 Å². The summed E-state index contributed by atoms with van der Waals surface area (Å²) in [7, 11) is 0. The van der Waals surface area contributed by atoms with Gasteiger partial charge in [0.2, 0.25) is 0 Å². The van der Waals surface area contributed by atoms with Crippen LogP contribution in [0, 0.1) is 17.8 Å². The monoisotopic (exact) mass is 335 g/mol. The number of fused-ring (bicyclic) bond motifs is 1. The summed E-state index contributed by atoms with van der Waals surface area (Å²) in [6.07, 6.45) is 8.62. The summed E-state index contributed by atoms with van der Waals surface area (Å²) >= 11 is 0. The zero-order chi connectivity index (χ0) is 17.1. The van der Waals surface area contributed by atoms with Crippen LogP contribution in [-0.2, 0) is 14.4 Å². The fourth-order valence-corrected chi connectivity index (χ4v) is 4.20. The van der Waals surface area contributed by atoms with E-state index in [1.54, 1.807) is 6.21 Å². The summed E-state index contributed by atoms with van der Waals surface area (Å²) in [4.78, 5) is 17.8. The number of hydrogen-bond acceptors (Lipinski definition) is 5. The molecule has 1 saturated heterocycles. The van der Waals surface area contributed by atoms with Gasteiger partial charge in [0.15, 0.2) is 5.78 Å². The fraction of sp³-hybridized carbons (Fsp3) is 0.789. The maximum Gasteiger partial charge on any atom is 0.163 e. The summed E-state index contributed by atoms with van der Waals surface area (Å²) in [5.41, 5.74) is 0.550. The van der Waals surface area contributed by atoms with E-state index in [0.29, 0.717) is 43.1 Å². The predicted molar refractivity (Wildman–Crippen MR) is 91.9 cm³/mol. The molecular weight excluding hydrogens is 306 g/mol. The predicted octanol–water partition coefficient (Wildman–Crippen LogP) is 3.78. The lowest BCUT2D eigenvalue weighted by Crippen LogP contribution is -2.31. The van der Waals surface area contributed by atoms with E-state index >= 15 is 0 Å². The minimum absolute atomic E-state index is 0.0800. The maximum absolute atomic E-state index is 12.7. The first-order valence-electron chi connectivity index (χ1n) is 9.40. The van der Waals surface area contributed by atoms with Crippen molar-refractivity contribution in [3.63, 3.8) is 0 Å². The average molecular weight is 335 g/mol. The van der Waals surface area contributed by atoms with E-state index in [-0.39, 0.29) is 23.4 Å². The molecule has 5 nitrogen and oxygen atoms in total. The summed E-state index contributed by atoms with van der Waals surface area (Å²) in [5, 5.41) is 14.5. The maximum atomic E-state index is 12.7. The Hall–Kier alpha value is -1.36. The standard InChI is InChI=1S/C19H29NO4/c1-3-7-23-20-11-12(4-2)19-15(21)8-14(9-16(19)22)13-5-6-17-18(10-13)24-17/h11-14,17-18,21H,3-10H2,1-2H3. The lowest BCUT2D eigenvalue weighted by atomic mass is 9.71. The van der Waals surface area contributed by atoms with Crippen molar-refractivity contribution in [1.29, 1.82) is 0 Å². The third-order valence-electron chi connectivity index (χ3n) is 5.65. The Bertz CT molecular complexity index is 527. The second-order valence-electron chi connectivity index (χ2n) is 7.34. The first kappa shape index (κ1) is 17.5. The van der Waals surface area contributed by atoms with Crippen LogP contribution in [0.1, 0.15) is 58.8 Å². The van der Waals surface area contributed by atoms with Gasteiger partial charge in [-0.25, -0.2) is 0 Å². The van der Waals surface area contributed by atoms with Crippen molar-refractivity contribution < 1.29 is 19.5 Å². The lowest BCUT2D eigenvalue weighted by molar-refractivity contribution is -0.118. The zero-order valence-electron chi connectivity index (χ0n) is 14.7. The van der Waals surface area contributed by atoms with Crippen molar-refractivity contribution in [2.45, 2.75) is 71.0 Å². The number of aliphatic hydroxyl groups excluding tert-OH is 1. The van der Waals surface area contributed by atoms with Crippen LogP contribution in [0.2, 0.25) is 0 Å². The van der Waals surface area contributed by atoms with Crippen molar-refractivity contribution in [3.8, 4) is 0 Å². The van der Waals surface area contributed by atoms with Crippen LogP contribution in [0.25, 0.3) is 0 Å². The molecule has 1 N–H and O–H groups in total. The van der Waals surface area contributed by atoms with E-state index in [2.05, 4.69) is 5.16 Å². The van der Waals surface area contributed by atoms with Crippen molar-refractivity contribution in [2.75, 3.05) is 6.61 Å². The van der Waals surface area contributed by atoms with E-state index in [0.717, 1.165) is 32.1 Å². The molecule has 0 bridgehead atoms. The molecule has 0 amide bonds. The Morgan fingerprint density at radius 3 is 2.79 bits per heavy atom. The average Bonchev–Trinajstić information content (AvgIpc) is 3.34. The number of carbonyl (C=O) groups is 1. The Kier molecular flexibility index (Phi) is 5.59. The van der Waals surface area contributed by atoms with Gasteiger partial charge in [0, 0.05) is 24.3 Å². The van der Waals surface area contributed by atoms with E-state index in [1.807, 2.05) is 13.8 Å². The number of carbonyl (C=O) groups excluding carboxylic acids is 1. The number of rotatable bonds is 7. The molecular formula is C19H29NO4. The minimum Gasteiger partial charge on any atom is -0.512 e. The first-order valence-corrected chi connectivity index (χ1v) is 9.40. The van der Waals surface area contributed by atoms with Gasteiger partial charge in [-0.15, -0.1) is 0 Å². The molecule has 0 radical (unpaired) electrons. The smallest absolute Gasteiger partial charge is 0.163 e. The molecule has 1 aliphatic heterocycles. The molecule has 0 aromatic heterocycles. The normalized spacial score (nSPS) is 34.3. The highest BCUT2D eigenvalue weighted by Gasteiger charge is 2.46. The van der Waals surface area contributed by atoms with Gasteiger partial charge in [-0.05, 0) is 43.9 Å². The number of ketones is 1. The van der Waals surface area contributed by atoms with Gasteiger partial charge in [0.1, 0.15) is 6.61 Å². The van der Waals surface area contributed by atoms with Gasteiger partial charge in [0.05, 0.1) is 24.2 Å². The number of nitrogens with zero attached hydrogens (tertiary/aromatic N) is 1. The van der Waals surface area contributed by atoms with Crippen LogP contribution < -0.4 is 0 Å². The zero-order valence-corrected chi connectivity index (χ0v) is 14.7. The van der Waals surface area contributed by atoms with Crippen LogP contribution in [-0.4, -0.2) is 35.9 Å². The van der Waals surface area contributed by atoms with Gasteiger partial charge >= 0.3 is 0 Å². The van der Waals surface area contributed by atoms with Crippen molar-refractivity contribution in [3.05, 3.63) is 11.3 Å². The Morgan fingerprint density at radius 1 is 1.29 bits per heavy atom. The Labute approximate surface area is 144 Å². The molecule has 3 aliphatic rings. The van der Waals surface area contributed by atoms with Crippen LogP contribution in [0.3, 0.4) is 0 Å². The highest BCUT2D eigenvalue weighted by atomic mass is 16.6. The summed E-state index contributed by atoms with van der Waals surface area (Å²) in [6, 6.07) is 0. The third kappa shape index (κ3) is 3.82. The molecule has 24 heavy (non-hydrogen) atoms. The number of Topliss-reactive ketones (excluding diaryl/α,β-unsaturated/α-hetero) is 1. The minimum atomic E-state index is -0.155. The number of hydrogen-bond donors (Lipinski definition) is 1. The molecule has 2 fully saturated rings. The molecule has 0 aromatic rings. The van der Waals surface area contributed by atoms with Crippen LogP contribution in [0.15, 0.2) is 16.5 Å². The quantitative estimate of drug-likeness (QED) is 0.333. The summed E-state index contributed by atoms with van der Waals surface area (Å²) in [5.74, 6) is 0.957. The molecule has 1 saturated carbocycles. The Morgan fingerprint density at radius 2 is 2.12 bits per heavy atom. The van der Waals surface area contributed by atoms with E-state index < -0.39 is 0 Å². The number of epoxide rings is 1. The lowest BCUT2D eigenvalue weighted by Gasteiger charge is -2.32.